The summed E-state index contributed by atoms with van der Waals surface area (Å²) in [4.78, 5) is 14.1. The summed E-state index contributed by atoms with van der Waals surface area (Å²) in [5.41, 5.74) is 0.838. The smallest absolute Gasteiger partial charge is 0.321 e. The second-order valence-corrected chi connectivity index (χ2v) is 6.56. The second kappa shape index (κ2) is 6.75. The van der Waals surface area contributed by atoms with Gasteiger partial charge in [-0.3, -0.25) is 0 Å². The molecule has 0 aliphatic carbocycles. The molecule has 1 fully saturated rings. The van der Waals surface area contributed by atoms with Crippen molar-refractivity contribution < 1.29 is 4.79 Å². The van der Waals surface area contributed by atoms with E-state index in [-0.39, 0.29) is 6.03 Å². The van der Waals surface area contributed by atoms with E-state index in [1.54, 1.807) is 0 Å². The van der Waals surface area contributed by atoms with Gasteiger partial charge in [-0.05, 0) is 69.6 Å². The van der Waals surface area contributed by atoms with Crippen LogP contribution in [0.15, 0.2) is 22.7 Å². The molecule has 1 N–H and O–H groups in total. The van der Waals surface area contributed by atoms with Crippen molar-refractivity contribution in [2.75, 3.05) is 18.4 Å². The van der Waals surface area contributed by atoms with Crippen LogP contribution < -0.4 is 5.32 Å². The molecular weight excluding hydrogens is 407 g/mol. The lowest BCUT2D eigenvalue weighted by Crippen LogP contribution is -2.35. The summed E-state index contributed by atoms with van der Waals surface area (Å²) in [5, 5.41) is 2.97. The third-order valence-corrected chi connectivity index (χ3v) is 4.39. The number of carbonyl (C=O) groups excluding carboxylic acids is 1. The summed E-state index contributed by atoms with van der Waals surface area (Å²) in [5.74, 6) is 0. The molecule has 0 aromatic heterocycles. The predicted octanol–water partition coefficient (Wildman–Crippen LogP) is 4.46. The van der Waals surface area contributed by atoms with E-state index in [2.05, 4.69) is 43.8 Å². The standard InChI is InChI=1S/C13H16BrIN2O/c14-11-9-10(15)5-6-12(11)16-13(18)17-7-3-1-2-4-8-17/h5-6,9H,1-4,7-8H2,(H,16,18). The van der Waals surface area contributed by atoms with E-state index in [1.165, 1.54) is 12.8 Å². The van der Waals surface area contributed by atoms with Gasteiger partial charge >= 0.3 is 6.03 Å². The average Bonchev–Trinajstić information content (AvgIpc) is 2.61. The lowest BCUT2D eigenvalue weighted by atomic mass is 10.2. The third-order valence-electron chi connectivity index (χ3n) is 3.07. The highest BCUT2D eigenvalue weighted by Gasteiger charge is 2.16. The maximum absolute atomic E-state index is 12.1. The Kier molecular flexibility index (Phi) is 5.29. The highest BCUT2D eigenvalue weighted by Crippen LogP contribution is 2.25. The maximum Gasteiger partial charge on any atom is 0.321 e. The van der Waals surface area contributed by atoms with E-state index in [0.717, 1.165) is 39.7 Å². The number of urea groups is 1. The molecule has 5 heteroatoms. The second-order valence-electron chi connectivity index (χ2n) is 4.46. The number of nitrogens with zero attached hydrogens (tertiary/aromatic N) is 1. The average molecular weight is 423 g/mol. The molecular formula is C13H16BrIN2O. The van der Waals surface area contributed by atoms with E-state index in [9.17, 15) is 4.79 Å². The maximum atomic E-state index is 12.1. The van der Waals surface area contributed by atoms with Gasteiger partial charge in [-0.15, -0.1) is 0 Å². The van der Waals surface area contributed by atoms with Gasteiger partial charge < -0.3 is 10.2 Å². The Hall–Kier alpha value is -0.300. The van der Waals surface area contributed by atoms with Gasteiger partial charge in [0.15, 0.2) is 0 Å². The Balaban J connectivity index is 2.01. The van der Waals surface area contributed by atoms with Crippen LogP contribution in [0.3, 0.4) is 0 Å². The van der Waals surface area contributed by atoms with Gasteiger partial charge in [0.2, 0.25) is 0 Å². The predicted molar refractivity (Wildman–Crippen MR) is 85.9 cm³/mol. The van der Waals surface area contributed by atoms with Crippen LogP contribution in [-0.2, 0) is 0 Å². The van der Waals surface area contributed by atoms with Crippen LogP contribution in [0, 0.1) is 3.57 Å². The molecule has 0 atom stereocenters. The largest absolute Gasteiger partial charge is 0.325 e. The fourth-order valence-corrected chi connectivity index (χ4v) is 3.46. The Labute approximate surface area is 130 Å². The van der Waals surface area contributed by atoms with Gasteiger partial charge in [-0.25, -0.2) is 4.79 Å². The number of hydrogen-bond donors (Lipinski definition) is 1. The van der Waals surface area contributed by atoms with Crippen LogP contribution in [0.2, 0.25) is 0 Å². The SMILES string of the molecule is O=C(Nc1ccc(I)cc1Br)N1CCCCCC1. The summed E-state index contributed by atoms with van der Waals surface area (Å²) in [6, 6.07) is 5.93. The molecule has 1 aromatic rings. The normalized spacial score (nSPS) is 16.2. The van der Waals surface area contributed by atoms with E-state index in [4.69, 9.17) is 0 Å². The first kappa shape index (κ1) is 14.1. The van der Waals surface area contributed by atoms with Gasteiger partial charge in [0.05, 0.1) is 5.69 Å². The lowest BCUT2D eigenvalue weighted by molar-refractivity contribution is 0.214. The summed E-state index contributed by atoms with van der Waals surface area (Å²) < 4.78 is 2.07. The molecule has 0 unspecified atom stereocenters. The van der Waals surface area contributed by atoms with Gasteiger partial charge in [-0.1, -0.05) is 12.8 Å². The van der Waals surface area contributed by atoms with Crippen molar-refractivity contribution in [2.24, 2.45) is 0 Å². The molecule has 1 aliphatic rings. The summed E-state index contributed by atoms with van der Waals surface area (Å²) in [7, 11) is 0. The van der Waals surface area contributed by atoms with Crippen LogP contribution in [-0.4, -0.2) is 24.0 Å². The van der Waals surface area contributed by atoms with Crippen molar-refractivity contribution >= 4 is 50.2 Å². The van der Waals surface area contributed by atoms with Crippen LogP contribution >= 0.6 is 38.5 Å². The minimum absolute atomic E-state index is 0.0128. The minimum Gasteiger partial charge on any atom is -0.325 e. The van der Waals surface area contributed by atoms with Crippen molar-refractivity contribution in [3.05, 3.63) is 26.2 Å². The molecule has 0 bridgehead atoms. The van der Waals surface area contributed by atoms with E-state index >= 15 is 0 Å². The molecule has 18 heavy (non-hydrogen) atoms. The Morgan fingerprint density at radius 2 is 1.89 bits per heavy atom. The first-order chi connectivity index (χ1) is 8.66. The van der Waals surface area contributed by atoms with E-state index < -0.39 is 0 Å². The lowest BCUT2D eigenvalue weighted by Gasteiger charge is -2.21. The Morgan fingerprint density at radius 3 is 2.50 bits per heavy atom. The van der Waals surface area contributed by atoms with Gasteiger partial charge in [-0.2, -0.15) is 0 Å². The zero-order valence-electron chi connectivity index (χ0n) is 10.1. The Bertz CT molecular complexity index is 431. The number of nitrogens with one attached hydrogen (secondary N) is 1. The zero-order chi connectivity index (χ0) is 13.0. The van der Waals surface area contributed by atoms with Gasteiger partial charge in [0.25, 0.3) is 0 Å². The number of halogens is 2. The molecule has 0 radical (unpaired) electrons. The first-order valence-corrected chi connectivity index (χ1v) is 8.05. The Morgan fingerprint density at radius 1 is 1.22 bits per heavy atom. The highest BCUT2D eigenvalue weighted by molar-refractivity contribution is 14.1. The highest BCUT2D eigenvalue weighted by atomic mass is 127. The molecule has 0 spiro atoms. The number of hydrogen-bond acceptors (Lipinski definition) is 1. The number of benzene rings is 1. The number of amides is 2. The number of anilines is 1. The van der Waals surface area contributed by atoms with E-state index in [1.807, 2.05) is 23.1 Å². The molecule has 1 aromatic carbocycles. The zero-order valence-corrected chi connectivity index (χ0v) is 13.8. The summed E-state index contributed by atoms with van der Waals surface area (Å²) >= 11 is 5.73. The fourth-order valence-electron chi connectivity index (χ4n) is 2.06. The fraction of sp³-hybridized carbons (Fsp3) is 0.462. The minimum atomic E-state index is 0.0128. The summed E-state index contributed by atoms with van der Waals surface area (Å²) in [6.07, 6.45) is 4.69. The van der Waals surface area contributed by atoms with Crippen molar-refractivity contribution in [3.63, 3.8) is 0 Å². The summed E-state index contributed by atoms with van der Waals surface area (Å²) in [6.45, 7) is 1.74. The van der Waals surface area contributed by atoms with Crippen molar-refractivity contribution in [1.29, 1.82) is 0 Å². The number of carbonyl (C=O) groups is 1. The van der Waals surface area contributed by atoms with E-state index in [0.29, 0.717) is 0 Å². The molecule has 3 nitrogen and oxygen atoms in total. The topological polar surface area (TPSA) is 32.3 Å². The molecule has 0 saturated carbocycles. The quantitative estimate of drug-likeness (QED) is 0.665. The molecule has 98 valence electrons. The molecule has 2 rings (SSSR count). The monoisotopic (exact) mass is 422 g/mol. The molecule has 1 heterocycles. The van der Waals surface area contributed by atoms with Crippen molar-refractivity contribution in [3.8, 4) is 0 Å². The van der Waals surface area contributed by atoms with Crippen molar-refractivity contribution in [2.45, 2.75) is 25.7 Å². The van der Waals surface area contributed by atoms with Gasteiger partial charge in [0, 0.05) is 21.1 Å². The number of rotatable bonds is 1. The van der Waals surface area contributed by atoms with Crippen LogP contribution in [0.1, 0.15) is 25.7 Å². The van der Waals surface area contributed by atoms with Crippen LogP contribution in [0.25, 0.3) is 0 Å². The van der Waals surface area contributed by atoms with Crippen LogP contribution in [0.4, 0.5) is 10.5 Å². The van der Waals surface area contributed by atoms with Crippen molar-refractivity contribution in [1.82, 2.24) is 4.90 Å². The number of likely N-dealkylation sites (tertiary alicyclic amines) is 1. The molecule has 2 amide bonds. The third kappa shape index (κ3) is 3.85. The molecule has 1 saturated heterocycles. The molecule has 1 aliphatic heterocycles. The van der Waals surface area contributed by atoms with Gasteiger partial charge in [0.1, 0.15) is 0 Å². The van der Waals surface area contributed by atoms with Crippen LogP contribution in [0.5, 0.6) is 0 Å². The first-order valence-electron chi connectivity index (χ1n) is 6.18.